The quantitative estimate of drug-likeness (QED) is 0.822. The molecule has 0 bridgehead atoms. The third-order valence-electron chi connectivity index (χ3n) is 3.02. The van der Waals surface area contributed by atoms with Crippen LogP contribution in [0.2, 0.25) is 5.02 Å². The van der Waals surface area contributed by atoms with Gasteiger partial charge >= 0.3 is 0 Å². The van der Waals surface area contributed by atoms with Gasteiger partial charge < -0.3 is 4.90 Å². The molecule has 1 heterocycles. The molecular formula is C17H19ClN2. The molecule has 0 amide bonds. The van der Waals surface area contributed by atoms with Crippen LogP contribution in [0.5, 0.6) is 0 Å². The van der Waals surface area contributed by atoms with E-state index in [2.05, 4.69) is 30.1 Å². The van der Waals surface area contributed by atoms with Gasteiger partial charge in [-0.1, -0.05) is 35.9 Å². The second-order valence-electron chi connectivity index (χ2n) is 4.93. The third-order valence-corrected chi connectivity index (χ3v) is 3.27. The Morgan fingerprint density at radius 3 is 2.50 bits per heavy atom. The highest BCUT2D eigenvalue weighted by Crippen LogP contribution is 2.23. The van der Waals surface area contributed by atoms with Gasteiger partial charge in [0, 0.05) is 23.3 Å². The lowest BCUT2D eigenvalue weighted by molar-refractivity contribution is 0.417. The highest BCUT2D eigenvalue weighted by atomic mass is 35.5. The molecule has 1 aromatic carbocycles. The average molecular weight is 287 g/mol. The van der Waals surface area contributed by atoms with Gasteiger partial charge in [-0.2, -0.15) is 0 Å². The topological polar surface area (TPSA) is 16.1 Å². The number of benzene rings is 1. The molecule has 0 atom stereocenters. The number of hydrogen-bond donors (Lipinski definition) is 0. The van der Waals surface area contributed by atoms with Crippen LogP contribution in [0.15, 0.2) is 54.7 Å². The van der Waals surface area contributed by atoms with E-state index in [9.17, 15) is 0 Å². The van der Waals surface area contributed by atoms with E-state index in [-0.39, 0.29) is 0 Å². The minimum Gasteiger partial charge on any atom is -0.309 e. The maximum Gasteiger partial charge on any atom is 0.0704 e. The van der Waals surface area contributed by atoms with Crippen LogP contribution in [0.1, 0.15) is 17.7 Å². The molecule has 0 spiro atoms. The molecule has 2 rings (SSSR count). The van der Waals surface area contributed by atoms with E-state index in [4.69, 9.17) is 11.6 Å². The maximum atomic E-state index is 5.97. The zero-order valence-corrected chi connectivity index (χ0v) is 12.6. The van der Waals surface area contributed by atoms with Gasteiger partial charge in [-0.05, 0) is 50.3 Å². The summed E-state index contributed by atoms with van der Waals surface area (Å²) in [5, 5.41) is 0.752. The predicted molar refractivity (Wildman–Crippen MR) is 85.9 cm³/mol. The Labute approximate surface area is 125 Å². The fourth-order valence-electron chi connectivity index (χ4n) is 1.99. The summed E-state index contributed by atoms with van der Waals surface area (Å²) in [6.07, 6.45) is 5.05. The van der Waals surface area contributed by atoms with Crippen molar-refractivity contribution < 1.29 is 0 Å². The summed E-state index contributed by atoms with van der Waals surface area (Å²) in [5.41, 5.74) is 3.30. The Bertz CT molecular complexity index is 559. The summed E-state index contributed by atoms with van der Waals surface area (Å²) < 4.78 is 0. The van der Waals surface area contributed by atoms with Crippen LogP contribution in [-0.2, 0) is 0 Å². The van der Waals surface area contributed by atoms with Crippen LogP contribution < -0.4 is 0 Å². The second kappa shape index (κ2) is 7.22. The molecule has 3 heteroatoms. The van der Waals surface area contributed by atoms with Crippen LogP contribution in [0, 0.1) is 0 Å². The zero-order chi connectivity index (χ0) is 14.4. The van der Waals surface area contributed by atoms with E-state index >= 15 is 0 Å². The second-order valence-corrected chi connectivity index (χ2v) is 5.37. The monoisotopic (exact) mass is 286 g/mol. The van der Waals surface area contributed by atoms with Gasteiger partial charge in [-0.3, -0.25) is 4.98 Å². The summed E-state index contributed by atoms with van der Waals surface area (Å²) in [6.45, 7) is 1.02. The van der Waals surface area contributed by atoms with Crippen LogP contribution in [0.25, 0.3) is 5.57 Å². The molecular weight excluding hydrogens is 268 g/mol. The van der Waals surface area contributed by atoms with Gasteiger partial charge in [0.25, 0.3) is 0 Å². The first-order chi connectivity index (χ1) is 9.66. The van der Waals surface area contributed by atoms with E-state index < -0.39 is 0 Å². The van der Waals surface area contributed by atoms with Crippen molar-refractivity contribution in [3.05, 3.63) is 71.0 Å². The molecule has 0 aliphatic heterocycles. The van der Waals surface area contributed by atoms with Gasteiger partial charge in [0.15, 0.2) is 0 Å². The highest BCUT2D eigenvalue weighted by molar-refractivity contribution is 6.30. The summed E-state index contributed by atoms with van der Waals surface area (Å²) >= 11 is 5.97. The van der Waals surface area contributed by atoms with Crippen LogP contribution in [-0.4, -0.2) is 30.5 Å². The van der Waals surface area contributed by atoms with Crippen LogP contribution in [0.4, 0.5) is 0 Å². The number of pyridine rings is 1. The number of nitrogens with zero attached hydrogens (tertiary/aromatic N) is 2. The van der Waals surface area contributed by atoms with Crippen molar-refractivity contribution in [3.8, 4) is 0 Å². The Morgan fingerprint density at radius 1 is 1.15 bits per heavy atom. The van der Waals surface area contributed by atoms with Gasteiger partial charge in [-0.15, -0.1) is 0 Å². The Hall–Kier alpha value is -1.64. The Balaban J connectivity index is 2.31. The molecule has 104 valence electrons. The van der Waals surface area contributed by atoms with Gasteiger partial charge in [0.1, 0.15) is 0 Å². The molecule has 0 saturated carbocycles. The van der Waals surface area contributed by atoms with Gasteiger partial charge in [0.05, 0.1) is 5.69 Å². The fourth-order valence-corrected chi connectivity index (χ4v) is 2.11. The van der Waals surface area contributed by atoms with Crippen molar-refractivity contribution >= 4 is 17.2 Å². The van der Waals surface area contributed by atoms with E-state index in [1.165, 1.54) is 0 Å². The van der Waals surface area contributed by atoms with Crippen molar-refractivity contribution in [2.75, 3.05) is 20.6 Å². The van der Waals surface area contributed by atoms with Crippen molar-refractivity contribution in [3.63, 3.8) is 0 Å². The number of aromatic nitrogens is 1. The van der Waals surface area contributed by atoms with E-state index in [0.717, 1.165) is 34.8 Å². The fraction of sp³-hybridized carbons (Fsp3) is 0.235. The summed E-state index contributed by atoms with van der Waals surface area (Å²) in [7, 11) is 4.16. The molecule has 2 aromatic rings. The SMILES string of the molecule is CN(C)CC/C=C(/c1ccc(Cl)cc1)c1ccccn1. The lowest BCUT2D eigenvalue weighted by atomic mass is 10.0. The smallest absolute Gasteiger partial charge is 0.0704 e. The lowest BCUT2D eigenvalue weighted by Crippen LogP contribution is -2.12. The van der Waals surface area contributed by atoms with E-state index in [1.54, 1.807) is 0 Å². The van der Waals surface area contributed by atoms with Gasteiger partial charge in [0.2, 0.25) is 0 Å². The van der Waals surface area contributed by atoms with E-state index in [1.807, 2.05) is 48.7 Å². The normalized spacial score (nSPS) is 11.9. The molecule has 0 aliphatic rings. The van der Waals surface area contributed by atoms with Crippen LogP contribution in [0.3, 0.4) is 0 Å². The summed E-state index contributed by atoms with van der Waals surface area (Å²) in [4.78, 5) is 6.64. The third kappa shape index (κ3) is 4.19. The molecule has 0 saturated heterocycles. The van der Waals surface area contributed by atoms with Crippen molar-refractivity contribution in [1.82, 2.24) is 9.88 Å². The highest BCUT2D eigenvalue weighted by Gasteiger charge is 2.05. The molecule has 0 radical (unpaired) electrons. The predicted octanol–water partition coefficient (Wildman–Crippen LogP) is 4.12. The number of hydrogen-bond acceptors (Lipinski definition) is 2. The minimum absolute atomic E-state index is 0.752. The van der Waals surface area contributed by atoms with E-state index in [0.29, 0.717) is 0 Å². The first kappa shape index (κ1) is 14.8. The molecule has 0 unspecified atom stereocenters. The minimum atomic E-state index is 0.752. The Kier molecular flexibility index (Phi) is 5.33. The zero-order valence-electron chi connectivity index (χ0n) is 11.9. The lowest BCUT2D eigenvalue weighted by Gasteiger charge is -2.10. The van der Waals surface area contributed by atoms with Crippen molar-refractivity contribution in [2.24, 2.45) is 0 Å². The summed E-state index contributed by atoms with van der Waals surface area (Å²) in [5.74, 6) is 0. The van der Waals surface area contributed by atoms with Crippen LogP contribution >= 0.6 is 11.6 Å². The summed E-state index contributed by atoms with van der Waals surface area (Å²) in [6, 6.07) is 13.9. The largest absolute Gasteiger partial charge is 0.309 e. The number of rotatable bonds is 5. The maximum absolute atomic E-state index is 5.97. The first-order valence-corrected chi connectivity index (χ1v) is 7.07. The number of halogens is 1. The van der Waals surface area contributed by atoms with Gasteiger partial charge in [-0.25, -0.2) is 0 Å². The molecule has 20 heavy (non-hydrogen) atoms. The molecule has 2 nitrogen and oxygen atoms in total. The first-order valence-electron chi connectivity index (χ1n) is 6.69. The average Bonchev–Trinajstić information content (AvgIpc) is 2.46. The molecule has 0 aliphatic carbocycles. The molecule has 0 fully saturated rings. The standard InChI is InChI=1S/C17H19ClN2/c1-20(2)13-5-6-16(17-7-3-4-12-19-17)14-8-10-15(18)11-9-14/h3-4,6-12H,5,13H2,1-2H3/b16-6-. The molecule has 0 N–H and O–H groups in total. The van der Waals surface area contributed by atoms with Crippen molar-refractivity contribution in [1.29, 1.82) is 0 Å². The Morgan fingerprint density at radius 2 is 1.90 bits per heavy atom. The van der Waals surface area contributed by atoms with Crippen molar-refractivity contribution in [2.45, 2.75) is 6.42 Å². The molecule has 1 aromatic heterocycles.